The summed E-state index contributed by atoms with van der Waals surface area (Å²) >= 11 is 0. The van der Waals surface area contributed by atoms with Gasteiger partial charge in [-0.1, -0.05) is 20.8 Å². The number of aliphatic hydroxyl groups is 2. The molecule has 0 spiro atoms. The van der Waals surface area contributed by atoms with Gasteiger partial charge in [-0.2, -0.15) is 0 Å². The summed E-state index contributed by atoms with van der Waals surface area (Å²) < 4.78 is 0. The predicted molar refractivity (Wildman–Crippen MR) is 110 cm³/mol. The standard InChI is InChI=1S/C24H41NO3/c1-14(4-9-22(25)28)18-7-8-19-17-6-5-15-12-16(26)10-11-23(15,2)20(17)13-21(27)24(18,19)3/h14-21,26-27H,4-13H2,1-3H3,(H2,25,28)/t14-,15-,16-,17?,18-,19?,20?,21+,23+,24-/m1/s1. The Balaban J connectivity index is 1.56. The van der Waals surface area contributed by atoms with Gasteiger partial charge in [-0.3, -0.25) is 4.79 Å². The second-order valence-electron chi connectivity index (χ2n) is 11.4. The van der Waals surface area contributed by atoms with E-state index >= 15 is 0 Å². The minimum atomic E-state index is -0.246. The Morgan fingerprint density at radius 1 is 1.07 bits per heavy atom. The lowest BCUT2D eigenvalue weighted by Gasteiger charge is -2.62. The molecule has 4 aliphatic rings. The fourth-order valence-electron chi connectivity index (χ4n) is 8.73. The normalized spacial score (nSPS) is 51.7. The highest BCUT2D eigenvalue weighted by Crippen LogP contribution is 2.68. The molecule has 0 aromatic rings. The minimum absolute atomic E-state index is 0.0182. The van der Waals surface area contributed by atoms with Crippen LogP contribution in [0.2, 0.25) is 0 Å². The van der Waals surface area contributed by atoms with Crippen LogP contribution in [-0.4, -0.2) is 28.3 Å². The summed E-state index contributed by atoms with van der Waals surface area (Å²) in [5, 5.41) is 21.7. The zero-order valence-electron chi connectivity index (χ0n) is 18.1. The third-order valence-corrected chi connectivity index (χ3v) is 10.3. The van der Waals surface area contributed by atoms with Crippen molar-refractivity contribution in [3.05, 3.63) is 0 Å². The monoisotopic (exact) mass is 391 g/mol. The third kappa shape index (κ3) is 3.05. The van der Waals surface area contributed by atoms with Crippen LogP contribution >= 0.6 is 0 Å². The van der Waals surface area contributed by atoms with E-state index in [9.17, 15) is 15.0 Å². The van der Waals surface area contributed by atoms with E-state index in [2.05, 4.69) is 20.8 Å². The Labute approximate surface area is 170 Å². The first-order valence-electron chi connectivity index (χ1n) is 11.8. The van der Waals surface area contributed by atoms with Gasteiger partial charge in [-0.05, 0) is 104 Å². The van der Waals surface area contributed by atoms with Gasteiger partial charge in [0.2, 0.25) is 5.91 Å². The van der Waals surface area contributed by atoms with Gasteiger partial charge in [-0.25, -0.2) is 0 Å². The molecule has 0 aromatic heterocycles. The lowest BCUT2D eigenvalue weighted by molar-refractivity contribution is -0.174. The average Bonchev–Trinajstić information content (AvgIpc) is 3.00. The maximum Gasteiger partial charge on any atom is 0.217 e. The molecule has 0 aromatic carbocycles. The highest BCUT2D eigenvalue weighted by atomic mass is 16.3. The zero-order valence-corrected chi connectivity index (χ0v) is 18.1. The second kappa shape index (κ2) is 7.27. The van der Waals surface area contributed by atoms with Crippen molar-refractivity contribution in [2.45, 2.75) is 97.2 Å². The number of carbonyl (C=O) groups excluding carboxylic acids is 1. The van der Waals surface area contributed by atoms with Gasteiger partial charge in [0.15, 0.2) is 0 Å². The molecule has 0 bridgehead atoms. The third-order valence-electron chi connectivity index (χ3n) is 10.3. The summed E-state index contributed by atoms with van der Waals surface area (Å²) in [6.45, 7) is 7.09. The molecule has 3 unspecified atom stereocenters. The Morgan fingerprint density at radius 2 is 1.82 bits per heavy atom. The first-order chi connectivity index (χ1) is 13.2. The van der Waals surface area contributed by atoms with Crippen LogP contribution in [-0.2, 0) is 4.79 Å². The number of primary amides is 1. The highest BCUT2D eigenvalue weighted by Gasteiger charge is 2.63. The van der Waals surface area contributed by atoms with Crippen LogP contribution in [0.3, 0.4) is 0 Å². The van der Waals surface area contributed by atoms with Gasteiger partial charge in [0, 0.05) is 6.42 Å². The lowest BCUT2D eigenvalue weighted by Crippen LogP contribution is -2.58. The van der Waals surface area contributed by atoms with E-state index in [4.69, 9.17) is 5.73 Å². The number of hydrogen-bond acceptors (Lipinski definition) is 3. The van der Waals surface area contributed by atoms with E-state index in [-0.39, 0.29) is 23.5 Å². The molecule has 0 heterocycles. The number of fused-ring (bicyclic) bond motifs is 5. The van der Waals surface area contributed by atoms with E-state index in [0.717, 1.165) is 38.0 Å². The van der Waals surface area contributed by atoms with Crippen molar-refractivity contribution in [3.63, 3.8) is 0 Å². The first-order valence-corrected chi connectivity index (χ1v) is 11.8. The van der Waals surface area contributed by atoms with Crippen molar-refractivity contribution in [2.75, 3.05) is 0 Å². The molecule has 28 heavy (non-hydrogen) atoms. The minimum Gasteiger partial charge on any atom is -0.393 e. The van der Waals surface area contributed by atoms with Crippen LogP contribution in [0.25, 0.3) is 0 Å². The highest BCUT2D eigenvalue weighted by molar-refractivity contribution is 5.73. The van der Waals surface area contributed by atoms with Gasteiger partial charge < -0.3 is 15.9 Å². The topological polar surface area (TPSA) is 83.6 Å². The predicted octanol–water partition coefficient (Wildman–Crippen LogP) is 3.88. The van der Waals surface area contributed by atoms with Crippen LogP contribution in [0, 0.1) is 46.3 Å². The van der Waals surface area contributed by atoms with Crippen molar-refractivity contribution >= 4 is 5.91 Å². The number of hydrogen-bond donors (Lipinski definition) is 3. The lowest BCUT2D eigenvalue weighted by atomic mass is 9.43. The van der Waals surface area contributed by atoms with Crippen LogP contribution in [0.4, 0.5) is 0 Å². The molecule has 4 fully saturated rings. The van der Waals surface area contributed by atoms with E-state index in [1.54, 1.807) is 0 Å². The van der Waals surface area contributed by atoms with Crippen molar-refractivity contribution in [2.24, 2.45) is 52.1 Å². The summed E-state index contributed by atoms with van der Waals surface area (Å²) in [5.74, 6) is 3.27. The first kappa shape index (κ1) is 20.7. The molecule has 4 heteroatoms. The van der Waals surface area contributed by atoms with Crippen molar-refractivity contribution in [1.29, 1.82) is 0 Å². The molecular formula is C24H41NO3. The summed E-state index contributed by atoms with van der Waals surface area (Å²) in [6.07, 6.45) is 9.82. The quantitative estimate of drug-likeness (QED) is 0.680. The molecule has 4 saturated carbocycles. The van der Waals surface area contributed by atoms with Crippen LogP contribution in [0.5, 0.6) is 0 Å². The molecule has 4 nitrogen and oxygen atoms in total. The fourth-order valence-corrected chi connectivity index (χ4v) is 8.73. The van der Waals surface area contributed by atoms with Crippen molar-refractivity contribution in [1.82, 2.24) is 0 Å². The number of carbonyl (C=O) groups is 1. The Hall–Kier alpha value is -0.610. The molecule has 0 aliphatic heterocycles. The summed E-state index contributed by atoms with van der Waals surface area (Å²) in [7, 11) is 0. The molecule has 0 radical (unpaired) electrons. The maximum atomic E-state index is 11.5. The molecule has 1 amide bonds. The van der Waals surface area contributed by atoms with Crippen LogP contribution < -0.4 is 5.73 Å². The summed E-state index contributed by atoms with van der Waals surface area (Å²) in [4.78, 5) is 11.3. The Kier molecular flexibility index (Phi) is 5.36. The van der Waals surface area contributed by atoms with Gasteiger partial charge in [0.25, 0.3) is 0 Å². The molecule has 160 valence electrons. The van der Waals surface area contributed by atoms with Gasteiger partial charge in [0.05, 0.1) is 12.2 Å². The number of aliphatic hydroxyl groups excluding tert-OH is 2. The Morgan fingerprint density at radius 3 is 2.54 bits per heavy atom. The molecule has 0 saturated heterocycles. The maximum absolute atomic E-state index is 11.5. The number of amides is 1. The Bertz CT molecular complexity index is 609. The van der Waals surface area contributed by atoms with Gasteiger partial charge >= 0.3 is 0 Å². The molecule has 4 N–H and O–H groups in total. The summed E-state index contributed by atoms with van der Waals surface area (Å²) in [6, 6.07) is 0. The van der Waals surface area contributed by atoms with Crippen molar-refractivity contribution < 1.29 is 15.0 Å². The molecule has 4 rings (SSSR count). The summed E-state index contributed by atoms with van der Waals surface area (Å²) in [5.41, 5.74) is 5.67. The van der Waals surface area contributed by atoms with Gasteiger partial charge in [0.1, 0.15) is 0 Å². The van der Waals surface area contributed by atoms with E-state index in [1.807, 2.05) is 0 Å². The van der Waals surface area contributed by atoms with Crippen molar-refractivity contribution in [3.8, 4) is 0 Å². The number of rotatable bonds is 4. The van der Waals surface area contributed by atoms with E-state index in [1.165, 1.54) is 25.7 Å². The molecular weight excluding hydrogens is 350 g/mol. The SMILES string of the molecule is C[C@H](CCC(N)=O)[C@H]1CCC2C3CC[C@@H]4C[C@H](O)CC[C@]4(C)C3C[C@H](O)[C@@]21C. The largest absolute Gasteiger partial charge is 0.393 e. The fraction of sp³-hybridized carbons (Fsp3) is 0.958. The second-order valence-corrected chi connectivity index (χ2v) is 11.4. The number of nitrogens with two attached hydrogens (primary N) is 1. The zero-order chi connectivity index (χ0) is 20.3. The van der Waals surface area contributed by atoms with E-state index < -0.39 is 0 Å². The van der Waals surface area contributed by atoms with E-state index in [0.29, 0.717) is 41.4 Å². The smallest absolute Gasteiger partial charge is 0.217 e. The molecule has 10 atom stereocenters. The van der Waals surface area contributed by atoms with Gasteiger partial charge in [-0.15, -0.1) is 0 Å². The van der Waals surface area contributed by atoms with Crippen LogP contribution in [0.1, 0.15) is 85.0 Å². The molecule has 4 aliphatic carbocycles. The van der Waals surface area contributed by atoms with Crippen LogP contribution in [0.15, 0.2) is 0 Å². The average molecular weight is 392 g/mol.